The molecule has 2 aromatic carbocycles. The number of rotatable bonds is 3. The van der Waals surface area contributed by atoms with Crippen molar-refractivity contribution in [1.29, 1.82) is 0 Å². The van der Waals surface area contributed by atoms with E-state index in [0.29, 0.717) is 10.2 Å². The molecule has 1 N–H and O–H groups in total. The van der Waals surface area contributed by atoms with E-state index in [2.05, 4.69) is 37.2 Å². The lowest BCUT2D eigenvalue weighted by atomic mass is 10.1. The van der Waals surface area contributed by atoms with Crippen LogP contribution in [-0.2, 0) is 0 Å². The molecule has 5 heteroatoms. The van der Waals surface area contributed by atoms with Gasteiger partial charge in [-0.25, -0.2) is 4.39 Å². The molecule has 20 heavy (non-hydrogen) atoms. The molecule has 0 fully saturated rings. The Bertz CT molecular complexity index is 644. The fourth-order valence-electron chi connectivity index (χ4n) is 1.82. The highest BCUT2D eigenvalue weighted by Crippen LogP contribution is 2.29. The van der Waals surface area contributed by atoms with Crippen LogP contribution in [0.5, 0.6) is 0 Å². The monoisotopic (exact) mass is 399 g/mol. The van der Waals surface area contributed by atoms with Crippen molar-refractivity contribution >= 4 is 43.5 Å². The first kappa shape index (κ1) is 15.2. The summed E-state index contributed by atoms with van der Waals surface area (Å²) in [6, 6.07) is 11.7. The SMILES string of the molecule is CC(Br)c1ccccc1NC(=O)c1cc(Br)ccc1F. The van der Waals surface area contributed by atoms with Crippen LogP contribution in [0, 0.1) is 5.82 Å². The van der Waals surface area contributed by atoms with Crippen LogP contribution < -0.4 is 5.32 Å². The van der Waals surface area contributed by atoms with Crippen LogP contribution in [-0.4, -0.2) is 5.91 Å². The maximum absolute atomic E-state index is 13.7. The molecule has 0 aliphatic carbocycles. The fraction of sp³-hybridized carbons (Fsp3) is 0.133. The molecule has 0 aliphatic heterocycles. The number of amides is 1. The van der Waals surface area contributed by atoms with Gasteiger partial charge in [-0.05, 0) is 36.8 Å². The summed E-state index contributed by atoms with van der Waals surface area (Å²) >= 11 is 6.71. The molecule has 0 saturated carbocycles. The Morgan fingerprint density at radius 3 is 2.65 bits per heavy atom. The summed E-state index contributed by atoms with van der Waals surface area (Å²) in [5.74, 6) is -1.01. The molecule has 0 heterocycles. The lowest BCUT2D eigenvalue weighted by molar-refractivity contribution is 0.102. The topological polar surface area (TPSA) is 29.1 Å². The second kappa shape index (κ2) is 6.50. The molecular weight excluding hydrogens is 389 g/mol. The highest BCUT2D eigenvalue weighted by atomic mass is 79.9. The van der Waals surface area contributed by atoms with E-state index in [4.69, 9.17) is 0 Å². The molecule has 1 amide bonds. The van der Waals surface area contributed by atoms with E-state index in [1.54, 1.807) is 12.1 Å². The van der Waals surface area contributed by atoms with Crippen LogP contribution in [0.3, 0.4) is 0 Å². The predicted octanol–water partition coefficient (Wildman–Crippen LogP) is 5.30. The molecule has 0 bridgehead atoms. The first-order valence-corrected chi connectivity index (χ1v) is 7.69. The van der Waals surface area contributed by atoms with Crippen molar-refractivity contribution in [2.45, 2.75) is 11.8 Å². The van der Waals surface area contributed by atoms with Gasteiger partial charge in [0.25, 0.3) is 5.91 Å². The normalized spacial score (nSPS) is 12.0. The molecule has 104 valence electrons. The number of benzene rings is 2. The third-order valence-corrected chi connectivity index (χ3v) is 3.80. The largest absolute Gasteiger partial charge is 0.322 e. The number of hydrogen-bond donors (Lipinski definition) is 1. The zero-order chi connectivity index (χ0) is 14.7. The second-order valence-corrected chi connectivity index (χ2v) is 6.57. The first-order chi connectivity index (χ1) is 9.49. The van der Waals surface area contributed by atoms with Crippen molar-refractivity contribution < 1.29 is 9.18 Å². The number of halogens is 3. The van der Waals surface area contributed by atoms with Gasteiger partial charge in [-0.3, -0.25) is 4.79 Å². The summed E-state index contributed by atoms with van der Waals surface area (Å²) in [7, 11) is 0. The van der Waals surface area contributed by atoms with Gasteiger partial charge in [0.2, 0.25) is 0 Å². The van der Waals surface area contributed by atoms with Gasteiger partial charge in [-0.15, -0.1) is 0 Å². The zero-order valence-electron chi connectivity index (χ0n) is 10.7. The van der Waals surface area contributed by atoms with Crippen molar-refractivity contribution in [2.24, 2.45) is 0 Å². The van der Waals surface area contributed by atoms with Gasteiger partial charge in [0.1, 0.15) is 5.82 Å². The molecule has 0 aromatic heterocycles. The average molecular weight is 401 g/mol. The summed E-state index contributed by atoms with van der Waals surface area (Å²) in [5, 5.41) is 2.75. The van der Waals surface area contributed by atoms with Crippen molar-refractivity contribution in [3.63, 3.8) is 0 Å². The van der Waals surface area contributed by atoms with E-state index in [0.717, 1.165) is 5.56 Å². The summed E-state index contributed by atoms with van der Waals surface area (Å²) in [6.07, 6.45) is 0. The molecule has 0 radical (unpaired) electrons. The zero-order valence-corrected chi connectivity index (χ0v) is 13.8. The van der Waals surface area contributed by atoms with E-state index in [-0.39, 0.29) is 10.4 Å². The summed E-state index contributed by atoms with van der Waals surface area (Å²) in [6.45, 7) is 1.96. The third kappa shape index (κ3) is 3.46. The molecule has 0 aliphatic rings. The van der Waals surface area contributed by atoms with Crippen molar-refractivity contribution in [1.82, 2.24) is 0 Å². The average Bonchev–Trinajstić information content (AvgIpc) is 2.41. The molecule has 2 aromatic rings. The van der Waals surface area contributed by atoms with Crippen LogP contribution in [0.25, 0.3) is 0 Å². The second-order valence-electron chi connectivity index (χ2n) is 4.28. The highest BCUT2D eigenvalue weighted by molar-refractivity contribution is 9.10. The van der Waals surface area contributed by atoms with Gasteiger partial charge < -0.3 is 5.32 Å². The molecule has 1 atom stereocenters. The Labute approximate surface area is 133 Å². The van der Waals surface area contributed by atoms with Gasteiger partial charge >= 0.3 is 0 Å². The van der Waals surface area contributed by atoms with Gasteiger partial charge in [0.15, 0.2) is 0 Å². The van der Waals surface area contributed by atoms with E-state index in [9.17, 15) is 9.18 Å². The van der Waals surface area contributed by atoms with Crippen LogP contribution in [0.1, 0.15) is 27.7 Å². The quantitative estimate of drug-likeness (QED) is 0.696. The minimum atomic E-state index is -0.546. The van der Waals surface area contributed by atoms with E-state index in [1.807, 2.05) is 25.1 Å². The maximum atomic E-state index is 13.7. The summed E-state index contributed by atoms with van der Waals surface area (Å²) in [5.41, 5.74) is 1.62. The Morgan fingerprint density at radius 1 is 1.25 bits per heavy atom. The van der Waals surface area contributed by atoms with Crippen LogP contribution >= 0.6 is 31.9 Å². The van der Waals surface area contributed by atoms with Crippen molar-refractivity contribution in [3.8, 4) is 0 Å². The van der Waals surface area contributed by atoms with Crippen molar-refractivity contribution in [3.05, 3.63) is 63.9 Å². The van der Waals surface area contributed by atoms with Gasteiger partial charge in [0, 0.05) is 15.0 Å². The van der Waals surface area contributed by atoms with Gasteiger partial charge in [-0.1, -0.05) is 50.1 Å². The lowest BCUT2D eigenvalue weighted by Gasteiger charge is -2.13. The van der Waals surface area contributed by atoms with Crippen LogP contribution in [0.4, 0.5) is 10.1 Å². The number of alkyl halides is 1. The third-order valence-electron chi connectivity index (χ3n) is 2.81. The smallest absolute Gasteiger partial charge is 0.258 e. The number of para-hydroxylation sites is 1. The minimum absolute atomic E-state index is 0.0106. The van der Waals surface area contributed by atoms with Gasteiger partial charge in [-0.2, -0.15) is 0 Å². The number of hydrogen-bond acceptors (Lipinski definition) is 1. The van der Waals surface area contributed by atoms with E-state index in [1.165, 1.54) is 12.1 Å². The molecule has 2 nitrogen and oxygen atoms in total. The molecule has 2 rings (SSSR count). The Balaban J connectivity index is 2.31. The number of nitrogens with one attached hydrogen (secondary N) is 1. The molecule has 0 saturated heterocycles. The standard InChI is InChI=1S/C15H12Br2FNO/c1-9(16)11-4-2-3-5-14(11)19-15(20)12-8-10(17)6-7-13(12)18/h2-9H,1H3,(H,19,20). The lowest BCUT2D eigenvalue weighted by Crippen LogP contribution is -2.15. The Hall–Kier alpha value is -1.20. The molecular formula is C15H12Br2FNO. The number of carbonyl (C=O) groups excluding carboxylic acids is 1. The van der Waals surface area contributed by atoms with Crippen molar-refractivity contribution in [2.75, 3.05) is 5.32 Å². The minimum Gasteiger partial charge on any atom is -0.322 e. The number of carbonyl (C=O) groups is 1. The summed E-state index contributed by atoms with van der Waals surface area (Å²) < 4.78 is 14.3. The van der Waals surface area contributed by atoms with Crippen LogP contribution in [0.2, 0.25) is 0 Å². The van der Waals surface area contributed by atoms with Crippen LogP contribution in [0.15, 0.2) is 46.9 Å². The first-order valence-electron chi connectivity index (χ1n) is 5.98. The number of anilines is 1. The van der Waals surface area contributed by atoms with E-state index >= 15 is 0 Å². The predicted molar refractivity (Wildman–Crippen MR) is 85.8 cm³/mol. The molecule has 0 spiro atoms. The Morgan fingerprint density at radius 2 is 1.95 bits per heavy atom. The summed E-state index contributed by atoms with van der Waals surface area (Å²) in [4.78, 5) is 12.3. The van der Waals surface area contributed by atoms with Gasteiger partial charge in [0.05, 0.1) is 5.56 Å². The fourth-order valence-corrected chi connectivity index (χ4v) is 2.58. The van der Waals surface area contributed by atoms with E-state index < -0.39 is 11.7 Å². The highest BCUT2D eigenvalue weighted by Gasteiger charge is 2.15. The maximum Gasteiger partial charge on any atom is 0.258 e. The molecule has 1 unspecified atom stereocenters. The Kier molecular flexibility index (Phi) is 4.94.